The van der Waals surface area contributed by atoms with Gasteiger partial charge in [-0.3, -0.25) is 0 Å². The molecule has 18 heavy (non-hydrogen) atoms. The van der Waals surface area contributed by atoms with Crippen molar-refractivity contribution in [3.05, 3.63) is 55.9 Å². The molecule has 1 aromatic carbocycles. The quantitative estimate of drug-likeness (QED) is 0.451. The van der Waals surface area contributed by atoms with Crippen LogP contribution in [0.4, 0.5) is 0 Å². The Morgan fingerprint density at radius 2 is 1.67 bits per heavy atom. The number of H-pyrrole nitrogens is 1. The normalized spacial score (nSPS) is 13.7. The Bertz CT molecular complexity index is 685. The van der Waals surface area contributed by atoms with Gasteiger partial charge in [-0.2, -0.15) is 0 Å². The van der Waals surface area contributed by atoms with E-state index in [1.165, 1.54) is 0 Å². The van der Waals surface area contributed by atoms with Crippen LogP contribution in [0.25, 0.3) is 0 Å². The molecule has 1 N–H and O–H groups in total. The van der Waals surface area contributed by atoms with E-state index in [-0.39, 0.29) is 32.8 Å². The van der Waals surface area contributed by atoms with Gasteiger partial charge < -0.3 is 0 Å². The third-order valence-electron chi connectivity index (χ3n) is 3.17. The number of aromatic amines is 1. The van der Waals surface area contributed by atoms with Crippen LogP contribution >= 0.6 is 0 Å². The summed E-state index contributed by atoms with van der Waals surface area (Å²) in [4.78, 5) is 30.1. The van der Waals surface area contributed by atoms with Crippen molar-refractivity contribution in [2.75, 3.05) is 4.93 Å². The van der Waals surface area contributed by atoms with Crippen molar-refractivity contribution in [1.29, 1.82) is 0 Å². The van der Waals surface area contributed by atoms with Crippen molar-refractivity contribution in [1.82, 2.24) is 4.98 Å². The number of halogens is 1. The van der Waals surface area contributed by atoms with Crippen molar-refractivity contribution in [2.45, 2.75) is 6.92 Å². The van der Waals surface area contributed by atoms with Crippen LogP contribution in [-0.2, 0) is 0 Å². The van der Waals surface area contributed by atoms with Gasteiger partial charge in [0.15, 0.2) is 0 Å². The molecular formula is C14H11INO2-. The fraction of sp³-hybridized carbons (Fsp3) is 0.143. The van der Waals surface area contributed by atoms with Crippen LogP contribution in [0, 0.1) is 10.5 Å². The van der Waals surface area contributed by atoms with Crippen LogP contribution in [-0.4, -0.2) is 21.5 Å². The number of fused-ring (bicyclic) bond motifs is 2. The number of aromatic nitrogens is 1. The van der Waals surface area contributed by atoms with Crippen molar-refractivity contribution >= 4 is 11.6 Å². The number of benzene rings is 1. The van der Waals surface area contributed by atoms with E-state index in [1.54, 1.807) is 24.3 Å². The minimum atomic E-state index is -0.233. The molecule has 0 spiro atoms. The van der Waals surface area contributed by atoms with Gasteiger partial charge in [-0.1, -0.05) is 0 Å². The Hall–Kier alpha value is -1.43. The molecule has 0 amide bonds. The average molecular weight is 352 g/mol. The van der Waals surface area contributed by atoms with E-state index in [0.717, 1.165) is 9.26 Å². The number of hydrogen-bond donors (Lipinski definition) is 1. The summed E-state index contributed by atoms with van der Waals surface area (Å²) in [6, 6.07) is 7.04. The first-order valence-corrected chi connectivity index (χ1v) is 8.79. The standard InChI is InChI=1S/C14H11INO2/c1-7-11(15-2)10-12(16-7)14(18)9-6-4-3-5-8(9)13(10)17/h3-6,16H,1-2H3/q-1. The summed E-state index contributed by atoms with van der Waals surface area (Å²) in [6.45, 7) is 1.93. The van der Waals surface area contributed by atoms with Gasteiger partial charge in [-0.05, 0) is 0 Å². The zero-order chi connectivity index (χ0) is 12.9. The molecule has 92 valence electrons. The number of carbonyl (C=O) groups excluding carboxylic acids is 2. The summed E-state index contributed by atoms with van der Waals surface area (Å²) in [5.74, 6) is -0.0758. The van der Waals surface area contributed by atoms with E-state index < -0.39 is 0 Å². The monoisotopic (exact) mass is 352 g/mol. The SMILES string of the molecule is C[I-]c1c(C)[nH]c2c1C(=O)c1ccccc1C2=O. The maximum atomic E-state index is 12.5. The zero-order valence-electron chi connectivity index (χ0n) is 10.0. The van der Waals surface area contributed by atoms with Gasteiger partial charge in [0.05, 0.1) is 0 Å². The topological polar surface area (TPSA) is 49.9 Å². The second-order valence-electron chi connectivity index (χ2n) is 4.21. The maximum absolute atomic E-state index is 12.5. The molecule has 0 fully saturated rings. The number of carbonyl (C=O) groups is 2. The number of rotatable bonds is 1. The number of aryl methyl sites for hydroxylation is 1. The van der Waals surface area contributed by atoms with Gasteiger partial charge in [-0.15, -0.1) is 0 Å². The van der Waals surface area contributed by atoms with Crippen LogP contribution in [0.1, 0.15) is 37.7 Å². The van der Waals surface area contributed by atoms with Crippen molar-refractivity contribution < 1.29 is 30.8 Å². The predicted octanol–water partition coefficient (Wildman–Crippen LogP) is -1.01. The fourth-order valence-electron chi connectivity index (χ4n) is 2.37. The molecule has 1 aromatic heterocycles. The van der Waals surface area contributed by atoms with Crippen LogP contribution in [0.3, 0.4) is 0 Å². The van der Waals surface area contributed by atoms with E-state index in [2.05, 4.69) is 9.91 Å². The van der Waals surface area contributed by atoms with Crippen LogP contribution in [0.2, 0.25) is 0 Å². The molecule has 3 rings (SSSR count). The molecule has 2 aromatic rings. The number of nitrogens with one attached hydrogen (secondary N) is 1. The molecule has 3 nitrogen and oxygen atoms in total. The molecular weight excluding hydrogens is 341 g/mol. The van der Waals surface area contributed by atoms with Gasteiger partial charge in [-0.25, -0.2) is 0 Å². The molecule has 1 aliphatic rings. The summed E-state index contributed by atoms with van der Waals surface area (Å²) in [6.07, 6.45) is 0. The van der Waals surface area contributed by atoms with Gasteiger partial charge in [0.25, 0.3) is 0 Å². The Morgan fingerprint density at radius 3 is 2.28 bits per heavy atom. The second kappa shape index (κ2) is 4.05. The molecule has 4 heteroatoms. The van der Waals surface area contributed by atoms with E-state index in [1.807, 2.05) is 6.92 Å². The number of alkyl halides is 1. The average Bonchev–Trinajstić information content (AvgIpc) is 2.73. The summed E-state index contributed by atoms with van der Waals surface area (Å²) in [5, 5.41) is 0. The number of hydrogen-bond acceptors (Lipinski definition) is 2. The van der Waals surface area contributed by atoms with Crippen molar-refractivity contribution in [3.63, 3.8) is 0 Å². The van der Waals surface area contributed by atoms with E-state index >= 15 is 0 Å². The van der Waals surface area contributed by atoms with Gasteiger partial charge in [0, 0.05) is 0 Å². The molecule has 0 saturated carbocycles. The molecule has 0 radical (unpaired) electrons. The first kappa shape index (κ1) is 11.6. The predicted molar refractivity (Wildman–Crippen MR) is 63.5 cm³/mol. The molecule has 0 atom stereocenters. The van der Waals surface area contributed by atoms with Crippen LogP contribution < -0.4 is 21.2 Å². The molecule has 0 bridgehead atoms. The summed E-state index contributed by atoms with van der Waals surface area (Å²) >= 11 is -0.233. The number of ketones is 2. The summed E-state index contributed by atoms with van der Waals surface area (Å²) < 4.78 is 1.07. The molecule has 0 aliphatic heterocycles. The molecule has 1 aliphatic carbocycles. The Kier molecular flexibility index (Phi) is 2.62. The first-order valence-electron chi connectivity index (χ1n) is 5.55. The Balaban J connectivity index is 2.34. The zero-order valence-corrected chi connectivity index (χ0v) is 12.2. The van der Waals surface area contributed by atoms with Gasteiger partial charge >= 0.3 is 115 Å². The molecule has 1 heterocycles. The third-order valence-corrected chi connectivity index (χ3v) is 5.60. The van der Waals surface area contributed by atoms with E-state index in [0.29, 0.717) is 22.4 Å². The van der Waals surface area contributed by atoms with Gasteiger partial charge in [0.2, 0.25) is 0 Å². The van der Waals surface area contributed by atoms with Crippen molar-refractivity contribution in [2.24, 2.45) is 0 Å². The third kappa shape index (κ3) is 1.41. The van der Waals surface area contributed by atoms with Crippen LogP contribution in [0.15, 0.2) is 24.3 Å². The summed E-state index contributed by atoms with van der Waals surface area (Å²) in [7, 11) is 0. The van der Waals surface area contributed by atoms with Crippen molar-refractivity contribution in [3.8, 4) is 0 Å². The Labute approximate surface area is 115 Å². The molecule has 0 saturated heterocycles. The van der Waals surface area contributed by atoms with Gasteiger partial charge in [0.1, 0.15) is 0 Å². The van der Waals surface area contributed by atoms with E-state index in [4.69, 9.17) is 0 Å². The van der Waals surface area contributed by atoms with Crippen LogP contribution in [0.5, 0.6) is 0 Å². The van der Waals surface area contributed by atoms with E-state index in [9.17, 15) is 9.59 Å². The fourth-order valence-corrected chi connectivity index (χ4v) is 4.37. The second-order valence-corrected chi connectivity index (χ2v) is 6.36. The minimum absolute atomic E-state index is 0.0129. The molecule has 0 unspecified atom stereocenters. The first-order chi connectivity index (χ1) is 8.65. The Morgan fingerprint density at radius 1 is 1.06 bits per heavy atom. The summed E-state index contributed by atoms with van der Waals surface area (Å²) in [5.41, 5.74) is 3.11.